The molecule has 23 heavy (non-hydrogen) atoms. The zero-order valence-corrected chi connectivity index (χ0v) is 16.3. The van der Waals surface area contributed by atoms with E-state index in [1.807, 2.05) is 16.9 Å². The maximum atomic E-state index is 4.24. The second kappa shape index (κ2) is 10.3. The Morgan fingerprint density at radius 3 is 2.52 bits per heavy atom. The van der Waals surface area contributed by atoms with Crippen LogP contribution in [0.1, 0.15) is 25.8 Å². The molecule has 0 saturated heterocycles. The van der Waals surface area contributed by atoms with Gasteiger partial charge in [0.2, 0.25) is 0 Å². The molecule has 5 nitrogen and oxygen atoms in total. The van der Waals surface area contributed by atoms with Crippen LogP contribution in [-0.4, -0.2) is 29.3 Å². The lowest BCUT2D eigenvalue weighted by molar-refractivity contribution is 0.573. The smallest absolute Gasteiger partial charge is 0.191 e. The summed E-state index contributed by atoms with van der Waals surface area (Å²) >= 11 is 0. The maximum Gasteiger partial charge on any atom is 0.191 e. The molecular weight excluding hydrogens is 401 g/mol. The number of benzene rings is 1. The molecule has 0 unspecified atom stereocenters. The van der Waals surface area contributed by atoms with Gasteiger partial charge in [0.05, 0.1) is 5.69 Å². The molecule has 0 fully saturated rings. The fourth-order valence-corrected chi connectivity index (χ4v) is 2.07. The third-order valence-corrected chi connectivity index (χ3v) is 3.40. The van der Waals surface area contributed by atoms with Crippen LogP contribution in [0, 0.1) is 5.92 Å². The molecule has 2 aromatic rings. The number of nitrogens with zero attached hydrogens (tertiary/aromatic N) is 3. The van der Waals surface area contributed by atoms with Crippen molar-refractivity contribution in [3.8, 4) is 5.69 Å². The minimum atomic E-state index is 0. The fourth-order valence-electron chi connectivity index (χ4n) is 2.07. The van der Waals surface area contributed by atoms with Gasteiger partial charge in [-0.1, -0.05) is 26.0 Å². The summed E-state index contributed by atoms with van der Waals surface area (Å²) in [5, 5.41) is 10.9. The topological polar surface area (TPSA) is 54.2 Å². The van der Waals surface area contributed by atoms with E-state index in [9.17, 15) is 0 Å². The highest BCUT2D eigenvalue weighted by Crippen LogP contribution is 2.08. The van der Waals surface area contributed by atoms with Crippen LogP contribution in [0.5, 0.6) is 0 Å². The van der Waals surface area contributed by atoms with E-state index in [1.54, 1.807) is 13.2 Å². The Bertz CT molecular complexity index is 576. The van der Waals surface area contributed by atoms with E-state index in [4.69, 9.17) is 0 Å². The summed E-state index contributed by atoms with van der Waals surface area (Å²) in [6.07, 6.45) is 4.86. The molecule has 1 heterocycles. The lowest BCUT2D eigenvalue weighted by Gasteiger charge is -2.13. The van der Waals surface area contributed by atoms with Gasteiger partial charge in [0, 0.05) is 32.5 Å². The molecule has 0 aliphatic carbocycles. The summed E-state index contributed by atoms with van der Waals surface area (Å²) in [7, 11) is 1.80. The number of hydrogen-bond donors (Lipinski definition) is 2. The van der Waals surface area contributed by atoms with Crippen molar-refractivity contribution in [2.24, 2.45) is 10.9 Å². The predicted molar refractivity (Wildman–Crippen MR) is 107 cm³/mol. The quantitative estimate of drug-likeness (QED) is 0.423. The number of halogens is 1. The molecule has 0 aliphatic rings. The summed E-state index contributed by atoms with van der Waals surface area (Å²) < 4.78 is 1.85. The molecule has 0 bridgehead atoms. The highest BCUT2D eigenvalue weighted by atomic mass is 127. The lowest BCUT2D eigenvalue weighted by Crippen LogP contribution is -2.37. The lowest BCUT2D eigenvalue weighted by atomic mass is 10.1. The number of aliphatic imine (C=N–C) groups is 1. The van der Waals surface area contributed by atoms with E-state index in [0.29, 0.717) is 5.92 Å². The first-order valence-electron chi connectivity index (χ1n) is 7.72. The Labute approximate surface area is 155 Å². The van der Waals surface area contributed by atoms with Crippen LogP contribution in [0.3, 0.4) is 0 Å². The van der Waals surface area contributed by atoms with Crippen LogP contribution in [0.15, 0.2) is 47.7 Å². The fraction of sp³-hybridized carbons (Fsp3) is 0.412. The first-order valence-corrected chi connectivity index (χ1v) is 7.72. The van der Waals surface area contributed by atoms with Gasteiger partial charge in [0.1, 0.15) is 0 Å². The van der Waals surface area contributed by atoms with E-state index in [-0.39, 0.29) is 24.0 Å². The molecule has 0 spiro atoms. The van der Waals surface area contributed by atoms with Gasteiger partial charge >= 0.3 is 0 Å². The third kappa shape index (κ3) is 6.60. The summed E-state index contributed by atoms with van der Waals surface area (Å²) in [5.41, 5.74) is 2.27. The standard InChI is InChI=1S/C17H25N5.HI/c1-14(2)9-11-19-17(18-3)20-13-15-5-7-16(8-6-15)22-12-4-10-21-22;/h4-8,10,12,14H,9,11,13H2,1-3H3,(H2,18,19,20);1H. The second-order valence-electron chi connectivity index (χ2n) is 5.65. The Kier molecular flexibility index (Phi) is 8.68. The SMILES string of the molecule is CN=C(NCCC(C)C)NCc1ccc(-n2cccn2)cc1.I. The van der Waals surface area contributed by atoms with Crippen molar-refractivity contribution in [2.45, 2.75) is 26.8 Å². The van der Waals surface area contributed by atoms with Crippen molar-refractivity contribution in [3.63, 3.8) is 0 Å². The summed E-state index contributed by atoms with van der Waals surface area (Å²) in [6, 6.07) is 10.3. The van der Waals surface area contributed by atoms with Crippen LogP contribution in [0.2, 0.25) is 0 Å². The molecule has 1 aromatic heterocycles. The second-order valence-corrected chi connectivity index (χ2v) is 5.65. The van der Waals surface area contributed by atoms with E-state index >= 15 is 0 Å². The number of guanidine groups is 1. The van der Waals surface area contributed by atoms with Crippen molar-refractivity contribution in [3.05, 3.63) is 48.3 Å². The minimum absolute atomic E-state index is 0. The largest absolute Gasteiger partial charge is 0.356 e. The van der Waals surface area contributed by atoms with Crippen molar-refractivity contribution < 1.29 is 0 Å². The Hall–Kier alpha value is -1.57. The first kappa shape index (κ1) is 19.5. The molecule has 0 aliphatic heterocycles. The van der Waals surface area contributed by atoms with Crippen molar-refractivity contribution in [2.75, 3.05) is 13.6 Å². The van der Waals surface area contributed by atoms with E-state index < -0.39 is 0 Å². The van der Waals surface area contributed by atoms with Crippen molar-refractivity contribution in [1.82, 2.24) is 20.4 Å². The predicted octanol–water partition coefficient (Wildman–Crippen LogP) is 3.20. The average Bonchev–Trinajstić information content (AvgIpc) is 3.05. The van der Waals surface area contributed by atoms with E-state index in [2.05, 4.69) is 58.8 Å². The van der Waals surface area contributed by atoms with Gasteiger partial charge in [-0.15, -0.1) is 24.0 Å². The van der Waals surface area contributed by atoms with E-state index in [0.717, 1.165) is 31.2 Å². The van der Waals surface area contributed by atoms with Crippen LogP contribution in [0.4, 0.5) is 0 Å². The van der Waals surface area contributed by atoms with Gasteiger partial charge in [0.15, 0.2) is 5.96 Å². The zero-order valence-electron chi connectivity index (χ0n) is 14.0. The van der Waals surface area contributed by atoms with E-state index in [1.165, 1.54) is 5.56 Å². The summed E-state index contributed by atoms with van der Waals surface area (Å²) in [6.45, 7) is 6.13. The average molecular weight is 427 g/mol. The number of aromatic nitrogens is 2. The van der Waals surface area contributed by atoms with Gasteiger partial charge in [0.25, 0.3) is 0 Å². The third-order valence-electron chi connectivity index (χ3n) is 3.40. The molecule has 1 aromatic carbocycles. The van der Waals surface area contributed by atoms with Gasteiger partial charge in [-0.05, 0) is 36.1 Å². The molecule has 0 atom stereocenters. The molecule has 0 amide bonds. The van der Waals surface area contributed by atoms with Gasteiger partial charge in [-0.25, -0.2) is 4.68 Å². The summed E-state index contributed by atoms with van der Waals surface area (Å²) in [5.74, 6) is 1.54. The molecule has 2 rings (SSSR count). The number of rotatable bonds is 6. The molecule has 126 valence electrons. The number of nitrogens with one attached hydrogen (secondary N) is 2. The molecule has 2 N–H and O–H groups in total. The first-order chi connectivity index (χ1) is 10.7. The van der Waals surface area contributed by atoms with Gasteiger partial charge < -0.3 is 10.6 Å². The Balaban J connectivity index is 0.00000264. The zero-order chi connectivity index (χ0) is 15.8. The summed E-state index contributed by atoms with van der Waals surface area (Å²) in [4.78, 5) is 4.24. The molecule has 0 saturated carbocycles. The molecule has 0 radical (unpaired) electrons. The van der Waals surface area contributed by atoms with Gasteiger partial charge in [-0.3, -0.25) is 4.99 Å². The highest BCUT2D eigenvalue weighted by molar-refractivity contribution is 14.0. The minimum Gasteiger partial charge on any atom is -0.356 e. The normalized spacial score (nSPS) is 11.2. The Morgan fingerprint density at radius 1 is 1.22 bits per heavy atom. The maximum absolute atomic E-state index is 4.24. The van der Waals surface area contributed by atoms with Gasteiger partial charge in [-0.2, -0.15) is 5.10 Å². The van der Waals surface area contributed by atoms with Crippen LogP contribution < -0.4 is 10.6 Å². The number of hydrogen-bond acceptors (Lipinski definition) is 2. The Morgan fingerprint density at radius 2 is 1.96 bits per heavy atom. The molecular formula is C17H26IN5. The monoisotopic (exact) mass is 427 g/mol. The highest BCUT2D eigenvalue weighted by Gasteiger charge is 2.00. The van der Waals surface area contributed by atoms with Crippen molar-refractivity contribution >= 4 is 29.9 Å². The van der Waals surface area contributed by atoms with Crippen molar-refractivity contribution in [1.29, 1.82) is 0 Å². The van der Waals surface area contributed by atoms with Crippen LogP contribution in [0.25, 0.3) is 5.69 Å². The van der Waals surface area contributed by atoms with Crippen LogP contribution >= 0.6 is 24.0 Å². The van der Waals surface area contributed by atoms with Crippen LogP contribution in [-0.2, 0) is 6.54 Å². The molecule has 6 heteroatoms.